The maximum atomic E-state index is 6.16. The van der Waals surface area contributed by atoms with E-state index in [2.05, 4.69) is 34.2 Å². The Labute approximate surface area is 147 Å². The Morgan fingerprint density at radius 3 is 2.83 bits per heavy atom. The molecule has 1 N–H and O–H groups in total. The molecule has 24 heavy (non-hydrogen) atoms. The second-order valence-corrected chi connectivity index (χ2v) is 6.75. The van der Waals surface area contributed by atoms with Crippen LogP contribution in [0.1, 0.15) is 25.6 Å². The van der Waals surface area contributed by atoms with Crippen molar-refractivity contribution >= 4 is 23.0 Å². The molecule has 0 atom stereocenters. The average Bonchev–Trinajstić information content (AvgIpc) is 3.00. The van der Waals surface area contributed by atoms with Gasteiger partial charge in [0, 0.05) is 24.5 Å². The van der Waals surface area contributed by atoms with Gasteiger partial charge in [0.25, 0.3) is 0 Å². The fourth-order valence-electron chi connectivity index (χ4n) is 2.71. The summed E-state index contributed by atoms with van der Waals surface area (Å²) in [6, 6.07) is 5.87. The van der Waals surface area contributed by atoms with Crippen LogP contribution in [0.15, 0.2) is 22.7 Å². The minimum atomic E-state index is 0.475. The summed E-state index contributed by atoms with van der Waals surface area (Å²) in [6.07, 6.45) is 0.819. The van der Waals surface area contributed by atoms with Crippen molar-refractivity contribution in [3.05, 3.63) is 34.9 Å². The van der Waals surface area contributed by atoms with Gasteiger partial charge in [0.15, 0.2) is 5.82 Å². The van der Waals surface area contributed by atoms with Crippen LogP contribution in [0.3, 0.4) is 0 Å². The van der Waals surface area contributed by atoms with E-state index in [1.54, 1.807) is 0 Å². The molecule has 1 aliphatic heterocycles. The van der Waals surface area contributed by atoms with Gasteiger partial charge in [-0.2, -0.15) is 4.98 Å². The van der Waals surface area contributed by atoms with Crippen molar-refractivity contribution in [2.75, 3.05) is 36.5 Å². The Morgan fingerprint density at radius 1 is 1.29 bits per heavy atom. The molecule has 130 valence electrons. The van der Waals surface area contributed by atoms with Crippen molar-refractivity contribution in [3.63, 3.8) is 0 Å². The number of halogens is 1. The number of rotatable bonds is 6. The summed E-state index contributed by atoms with van der Waals surface area (Å²) in [5, 5.41) is 8.09. The molecule has 1 aromatic heterocycles. The normalized spacial score (nSPS) is 15.1. The van der Waals surface area contributed by atoms with Crippen LogP contribution in [-0.2, 0) is 17.7 Å². The predicted octanol–water partition coefficient (Wildman–Crippen LogP) is 3.37. The van der Waals surface area contributed by atoms with Crippen molar-refractivity contribution in [3.8, 4) is 0 Å². The Balaban J connectivity index is 1.69. The molecule has 1 aromatic carbocycles. The van der Waals surface area contributed by atoms with Crippen LogP contribution in [0.5, 0.6) is 0 Å². The summed E-state index contributed by atoms with van der Waals surface area (Å²) in [5.74, 6) is 1.84. The van der Waals surface area contributed by atoms with Gasteiger partial charge in [0.05, 0.1) is 31.1 Å². The maximum absolute atomic E-state index is 6.16. The topological polar surface area (TPSA) is 63.4 Å². The quantitative estimate of drug-likeness (QED) is 0.861. The fourth-order valence-corrected chi connectivity index (χ4v) is 2.88. The van der Waals surface area contributed by atoms with E-state index in [1.165, 1.54) is 0 Å². The molecule has 0 unspecified atom stereocenters. The summed E-state index contributed by atoms with van der Waals surface area (Å²) in [4.78, 5) is 6.72. The second-order valence-electron chi connectivity index (χ2n) is 6.32. The molecular formula is C17H23ClN4O2. The van der Waals surface area contributed by atoms with E-state index in [1.807, 2.05) is 18.2 Å². The van der Waals surface area contributed by atoms with Crippen LogP contribution in [0.25, 0.3) is 0 Å². The van der Waals surface area contributed by atoms with Gasteiger partial charge in [-0.05, 0) is 24.1 Å². The summed E-state index contributed by atoms with van der Waals surface area (Å²) >= 11 is 6.16. The number of aromatic nitrogens is 2. The zero-order valence-electron chi connectivity index (χ0n) is 14.1. The van der Waals surface area contributed by atoms with Gasteiger partial charge in [0.1, 0.15) is 0 Å². The number of benzene rings is 1. The molecule has 0 spiro atoms. The lowest BCUT2D eigenvalue weighted by Crippen LogP contribution is -2.36. The highest BCUT2D eigenvalue weighted by atomic mass is 35.5. The Bertz CT molecular complexity index is 668. The van der Waals surface area contributed by atoms with Gasteiger partial charge >= 0.3 is 0 Å². The number of morpholine rings is 1. The first-order chi connectivity index (χ1) is 11.6. The molecule has 2 aromatic rings. The first-order valence-corrected chi connectivity index (χ1v) is 8.67. The van der Waals surface area contributed by atoms with Crippen LogP contribution in [-0.4, -0.2) is 36.4 Å². The third-order valence-electron chi connectivity index (χ3n) is 3.84. The van der Waals surface area contributed by atoms with Crippen LogP contribution in [0.2, 0.25) is 5.02 Å². The van der Waals surface area contributed by atoms with Crippen molar-refractivity contribution < 1.29 is 9.26 Å². The molecule has 1 fully saturated rings. The lowest BCUT2D eigenvalue weighted by molar-refractivity contribution is 0.123. The van der Waals surface area contributed by atoms with E-state index in [4.69, 9.17) is 20.9 Å². The largest absolute Gasteiger partial charge is 0.378 e. The first-order valence-electron chi connectivity index (χ1n) is 8.29. The highest BCUT2D eigenvalue weighted by molar-refractivity contribution is 6.31. The minimum absolute atomic E-state index is 0.475. The number of ether oxygens (including phenoxy) is 1. The van der Waals surface area contributed by atoms with Crippen molar-refractivity contribution in [2.24, 2.45) is 5.92 Å². The molecule has 0 aliphatic carbocycles. The van der Waals surface area contributed by atoms with Crippen LogP contribution < -0.4 is 10.2 Å². The van der Waals surface area contributed by atoms with Crippen LogP contribution in [0.4, 0.5) is 11.4 Å². The summed E-state index contributed by atoms with van der Waals surface area (Å²) in [7, 11) is 0. The van der Waals surface area contributed by atoms with Gasteiger partial charge in [-0.25, -0.2) is 0 Å². The molecule has 1 aliphatic rings. The SMILES string of the molecule is CC(C)Cc1noc(CNc2cc(Cl)ccc2N2CCOCC2)n1. The van der Waals surface area contributed by atoms with Crippen LogP contribution in [0, 0.1) is 5.92 Å². The van der Waals surface area contributed by atoms with E-state index in [0.29, 0.717) is 23.4 Å². The zero-order chi connectivity index (χ0) is 16.9. The zero-order valence-corrected chi connectivity index (χ0v) is 14.8. The lowest BCUT2D eigenvalue weighted by atomic mass is 10.1. The second kappa shape index (κ2) is 7.85. The molecule has 0 amide bonds. The number of hydrogen-bond acceptors (Lipinski definition) is 6. The number of anilines is 2. The van der Waals surface area contributed by atoms with E-state index < -0.39 is 0 Å². The fraction of sp³-hybridized carbons (Fsp3) is 0.529. The third kappa shape index (κ3) is 4.39. The van der Waals surface area contributed by atoms with E-state index in [-0.39, 0.29) is 0 Å². The molecule has 3 rings (SSSR count). The summed E-state index contributed by atoms with van der Waals surface area (Å²) in [6.45, 7) is 7.96. The van der Waals surface area contributed by atoms with E-state index in [9.17, 15) is 0 Å². The molecule has 0 radical (unpaired) electrons. The highest BCUT2D eigenvalue weighted by Crippen LogP contribution is 2.30. The van der Waals surface area contributed by atoms with Crippen LogP contribution >= 0.6 is 11.6 Å². The van der Waals surface area contributed by atoms with Gasteiger partial charge in [-0.15, -0.1) is 0 Å². The number of nitrogens with one attached hydrogen (secondary N) is 1. The molecule has 7 heteroatoms. The molecular weight excluding hydrogens is 328 g/mol. The average molecular weight is 351 g/mol. The Kier molecular flexibility index (Phi) is 5.58. The summed E-state index contributed by atoms with van der Waals surface area (Å²) in [5.41, 5.74) is 2.08. The Morgan fingerprint density at radius 2 is 2.08 bits per heavy atom. The van der Waals surface area contributed by atoms with Crippen molar-refractivity contribution in [2.45, 2.75) is 26.8 Å². The van der Waals surface area contributed by atoms with Gasteiger partial charge < -0.3 is 19.5 Å². The van der Waals surface area contributed by atoms with Gasteiger partial charge in [-0.1, -0.05) is 30.6 Å². The standard InChI is InChI=1S/C17H23ClN4O2/c1-12(2)9-16-20-17(24-21-16)11-19-14-10-13(18)3-4-15(14)22-5-7-23-8-6-22/h3-4,10,12,19H,5-9,11H2,1-2H3. The molecule has 0 bridgehead atoms. The highest BCUT2D eigenvalue weighted by Gasteiger charge is 2.16. The van der Waals surface area contributed by atoms with E-state index >= 15 is 0 Å². The maximum Gasteiger partial charge on any atom is 0.245 e. The smallest absolute Gasteiger partial charge is 0.245 e. The minimum Gasteiger partial charge on any atom is -0.378 e. The van der Waals surface area contributed by atoms with Crippen molar-refractivity contribution in [1.29, 1.82) is 0 Å². The van der Waals surface area contributed by atoms with E-state index in [0.717, 1.165) is 49.9 Å². The third-order valence-corrected chi connectivity index (χ3v) is 4.08. The predicted molar refractivity (Wildman–Crippen MR) is 94.7 cm³/mol. The first kappa shape index (κ1) is 17.0. The molecule has 6 nitrogen and oxygen atoms in total. The molecule has 0 saturated carbocycles. The van der Waals surface area contributed by atoms with Gasteiger partial charge in [0.2, 0.25) is 5.89 Å². The lowest BCUT2D eigenvalue weighted by Gasteiger charge is -2.30. The van der Waals surface area contributed by atoms with Crippen molar-refractivity contribution in [1.82, 2.24) is 10.1 Å². The number of nitrogens with zero attached hydrogens (tertiary/aromatic N) is 3. The molecule has 1 saturated heterocycles. The molecule has 2 heterocycles. The monoisotopic (exact) mass is 350 g/mol. The van der Waals surface area contributed by atoms with Gasteiger partial charge in [-0.3, -0.25) is 0 Å². The number of hydrogen-bond donors (Lipinski definition) is 1. The summed E-state index contributed by atoms with van der Waals surface area (Å²) < 4.78 is 10.7. The Hall–Kier alpha value is -1.79.